The lowest BCUT2D eigenvalue weighted by atomic mass is 11.9. The molecule has 0 saturated carbocycles. The molecule has 0 fully saturated rings. The normalized spacial score (nSPS) is 13.7. The molecule has 0 atom stereocenters. The summed E-state index contributed by atoms with van der Waals surface area (Å²) in [5.74, 6) is 0. The van der Waals surface area contributed by atoms with Crippen LogP contribution in [0.1, 0.15) is 0 Å². The summed E-state index contributed by atoms with van der Waals surface area (Å²) >= 11 is 0. The fourth-order valence-corrected chi connectivity index (χ4v) is 3.59. The Morgan fingerprint density at radius 1 is 1.33 bits per heavy atom. The Bertz CT molecular complexity index is 225. The Hall–Kier alpha value is 0.140. The summed E-state index contributed by atoms with van der Waals surface area (Å²) in [6, 6.07) is 0. The molecule has 0 aliphatic carbocycles. The Morgan fingerprint density at radius 2 is 1.67 bits per heavy atom. The van der Waals surface area contributed by atoms with Crippen LogP contribution in [0.5, 0.6) is 0 Å². The van der Waals surface area contributed by atoms with E-state index in [1.807, 2.05) is 4.49 Å². The molecule has 0 unspecified atom stereocenters. The molecule has 0 aliphatic heterocycles. The van der Waals surface area contributed by atoms with Gasteiger partial charge in [-0.05, 0) is 0 Å². The number of hydrogen-bond donors (Lipinski definition) is 1. The molecular formula is C3H10NO3PS. The van der Waals surface area contributed by atoms with E-state index in [4.69, 9.17) is 0 Å². The van der Waals surface area contributed by atoms with Gasteiger partial charge in [-0.15, -0.1) is 0 Å². The Morgan fingerprint density at radius 3 is 1.67 bits per heavy atom. The second-order valence-electron chi connectivity index (χ2n) is 2.21. The maximum absolute atomic E-state index is 10.7. The molecule has 0 aromatic rings. The summed E-state index contributed by atoms with van der Waals surface area (Å²) in [5.41, 5.74) is 0. The number of sulfonamides is 1. The summed E-state index contributed by atoms with van der Waals surface area (Å²) in [4.78, 5) is 0. The van der Waals surface area contributed by atoms with Crippen LogP contribution in [0, 0.1) is 0 Å². The molecule has 6 heteroatoms. The van der Waals surface area contributed by atoms with Crippen LogP contribution in [-0.2, 0) is 14.6 Å². The van der Waals surface area contributed by atoms with Gasteiger partial charge in [0.05, 0.1) is 6.26 Å². The van der Waals surface area contributed by atoms with Gasteiger partial charge < -0.3 is 4.57 Å². The van der Waals surface area contributed by atoms with Gasteiger partial charge in [-0.2, -0.15) is 4.49 Å². The van der Waals surface area contributed by atoms with Crippen LogP contribution in [0.4, 0.5) is 0 Å². The highest BCUT2D eigenvalue weighted by Crippen LogP contribution is 2.30. The van der Waals surface area contributed by atoms with Gasteiger partial charge >= 0.3 is 0 Å². The zero-order chi connectivity index (χ0) is 7.71. The third-order valence-electron chi connectivity index (χ3n) is 0.386. The number of rotatable bonds is 2. The van der Waals surface area contributed by atoms with Crippen molar-refractivity contribution in [2.75, 3.05) is 19.6 Å². The van der Waals surface area contributed by atoms with E-state index in [1.165, 1.54) is 13.3 Å². The standard InChI is InChI=1S/C3H10NO3PS/c1-8(2,5)4-9(3,6)7/h1-3H3,(H,4,5). The van der Waals surface area contributed by atoms with Crippen molar-refractivity contribution in [1.29, 1.82) is 0 Å². The molecule has 0 aliphatic rings. The highest BCUT2D eigenvalue weighted by Gasteiger charge is 2.11. The second-order valence-corrected chi connectivity index (χ2v) is 7.19. The molecule has 0 aromatic carbocycles. The summed E-state index contributed by atoms with van der Waals surface area (Å²) < 4.78 is 33.5. The van der Waals surface area contributed by atoms with Gasteiger partial charge in [0.25, 0.3) is 0 Å². The predicted molar refractivity (Wildman–Crippen MR) is 37.4 cm³/mol. The van der Waals surface area contributed by atoms with Gasteiger partial charge in [0.2, 0.25) is 10.0 Å². The van der Waals surface area contributed by atoms with Crippen molar-refractivity contribution in [3.05, 3.63) is 0 Å². The first-order valence-corrected chi connectivity index (χ1v) is 6.74. The molecular weight excluding hydrogens is 161 g/mol. The molecule has 4 nitrogen and oxygen atoms in total. The lowest BCUT2D eigenvalue weighted by Gasteiger charge is -2.04. The molecule has 0 spiro atoms. The molecule has 0 bridgehead atoms. The topological polar surface area (TPSA) is 63.2 Å². The number of nitrogens with one attached hydrogen (secondary N) is 1. The van der Waals surface area contributed by atoms with E-state index in [0.29, 0.717) is 0 Å². The molecule has 0 aromatic heterocycles. The fraction of sp³-hybridized carbons (Fsp3) is 1.00. The Kier molecular flexibility index (Phi) is 2.44. The van der Waals surface area contributed by atoms with Crippen LogP contribution in [0.25, 0.3) is 0 Å². The van der Waals surface area contributed by atoms with Crippen LogP contribution in [0.3, 0.4) is 0 Å². The predicted octanol–water partition coefficient (Wildman–Crippen LogP) is 0.0733. The lowest BCUT2D eigenvalue weighted by Crippen LogP contribution is -2.17. The average Bonchev–Trinajstić information content (AvgIpc) is 1.14. The Balaban J connectivity index is 4.26. The van der Waals surface area contributed by atoms with Crippen molar-refractivity contribution in [2.24, 2.45) is 0 Å². The first-order chi connectivity index (χ1) is 3.71. The first-order valence-electron chi connectivity index (χ1n) is 2.25. The lowest BCUT2D eigenvalue weighted by molar-refractivity contribution is 0.574. The van der Waals surface area contributed by atoms with Gasteiger partial charge in [-0.1, -0.05) is 0 Å². The Labute approximate surface area is 55.1 Å². The van der Waals surface area contributed by atoms with Crippen LogP contribution in [-0.4, -0.2) is 28.0 Å². The van der Waals surface area contributed by atoms with Crippen molar-refractivity contribution >= 4 is 17.3 Å². The van der Waals surface area contributed by atoms with E-state index in [0.717, 1.165) is 6.26 Å². The van der Waals surface area contributed by atoms with Crippen LogP contribution >= 0.6 is 7.29 Å². The van der Waals surface area contributed by atoms with Crippen LogP contribution in [0.2, 0.25) is 0 Å². The largest absolute Gasteiger partial charge is 0.306 e. The van der Waals surface area contributed by atoms with Gasteiger partial charge in [0, 0.05) is 13.3 Å². The van der Waals surface area contributed by atoms with Gasteiger partial charge in [0.15, 0.2) is 7.29 Å². The van der Waals surface area contributed by atoms with Crippen molar-refractivity contribution in [2.45, 2.75) is 0 Å². The average molecular weight is 171 g/mol. The quantitative estimate of drug-likeness (QED) is 0.598. The highest BCUT2D eigenvalue weighted by molar-refractivity contribution is 7.95. The summed E-state index contributed by atoms with van der Waals surface area (Å²) in [7, 11) is -5.92. The first kappa shape index (κ1) is 9.14. The fourth-order valence-electron chi connectivity index (χ4n) is 0.399. The molecule has 0 rings (SSSR count). The maximum Gasteiger partial charge on any atom is 0.214 e. The summed E-state index contributed by atoms with van der Waals surface area (Å²) in [5, 5.41) is 0. The van der Waals surface area contributed by atoms with Crippen LogP contribution < -0.4 is 4.49 Å². The molecule has 9 heavy (non-hydrogen) atoms. The van der Waals surface area contributed by atoms with E-state index in [9.17, 15) is 13.0 Å². The summed E-state index contributed by atoms with van der Waals surface area (Å²) in [6.45, 7) is 2.71. The SMILES string of the molecule is CP(C)(=O)NS(C)(=O)=O. The van der Waals surface area contributed by atoms with Crippen LogP contribution in [0.15, 0.2) is 0 Å². The van der Waals surface area contributed by atoms with E-state index < -0.39 is 17.3 Å². The third kappa shape index (κ3) is 8.14. The smallest absolute Gasteiger partial charge is 0.214 e. The second kappa shape index (κ2) is 2.40. The molecule has 0 saturated heterocycles. The van der Waals surface area contributed by atoms with E-state index in [2.05, 4.69) is 0 Å². The van der Waals surface area contributed by atoms with Crippen molar-refractivity contribution < 1.29 is 13.0 Å². The minimum Gasteiger partial charge on any atom is -0.306 e. The molecule has 56 valence electrons. The molecule has 1 N–H and O–H groups in total. The van der Waals surface area contributed by atoms with E-state index in [1.54, 1.807) is 0 Å². The molecule has 0 radical (unpaired) electrons. The third-order valence-corrected chi connectivity index (χ3v) is 3.47. The molecule has 0 amide bonds. The molecule has 0 heterocycles. The van der Waals surface area contributed by atoms with Gasteiger partial charge in [-0.3, -0.25) is 0 Å². The zero-order valence-corrected chi connectivity index (χ0v) is 7.29. The maximum atomic E-state index is 10.7. The van der Waals surface area contributed by atoms with Gasteiger partial charge in [-0.25, -0.2) is 8.42 Å². The number of hydrogen-bond acceptors (Lipinski definition) is 3. The zero-order valence-electron chi connectivity index (χ0n) is 5.58. The summed E-state index contributed by atoms with van der Waals surface area (Å²) in [6.07, 6.45) is 0.979. The van der Waals surface area contributed by atoms with Crippen molar-refractivity contribution in [1.82, 2.24) is 4.49 Å². The van der Waals surface area contributed by atoms with E-state index >= 15 is 0 Å². The minimum atomic E-state index is -3.29. The highest BCUT2D eigenvalue weighted by atomic mass is 32.2. The monoisotopic (exact) mass is 171 g/mol. The van der Waals surface area contributed by atoms with E-state index in [-0.39, 0.29) is 0 Å². The van der Waals surface area contributed by atoms with Crippen molar-refractivity contribution in [3.8, 4) is 0 Å². The van der Waals surface area contributed by atoms with Gasteiger partial charge in [0.1, 0.15) is 0 Å². The minimum absolute atomic E-state index is 0.979. The van der Waals surface area contributed by atoms with Crippen molar-refractivity contribution in [3.63, 3.8) is 0 Å².